The van der Waals surface area contributed by atoms with E-state index in [0.717, 1.165) is 16.3 Å². The van der Waals surface area contributed by atoms with E-state index in [9.17, 15) is 14.9 Å². The van der Waals surface area contributed by atoms with Crippen molar-refractivity contribution >= 4 is 28.4 Å². The Morgan fingerprint density at radius 2 is 1.81 bits per heavy atom. The molecule has 5 nitrogen and oxygen atoms in total. The molecule has 1 atom stereocenters. The molecule has 3 rings (SSSR count). The van der Waals surface area contributed by atoms with Crippen LogP contribution in [0.4, 0.5) is 5.69 Å². The van der Waals surface area contributed by atoms with Gasteiger partial charge in [-0.3, -0.25) is 14.9 Å². The van der Waals surface area contributed by atoms with Gasteiger partial charge in [-0.25, -0.2) is 0 Å². The van der Waals surface area contributed by atoms with Crippen LogP contribution in [0.5, 0.6) is 0 Å². The van der Waals surface area contributed by atoms with E-state index in [-0.39, 0.29) is 17.6 Å². The molecule has 0 radical (unpaired) electrons. The van der Waals surface area contributed by atoms with Crippen LogP contribution in [0, 0.1) is 10.1 Å². The Kier molecular flexibility index (Phi) is 5.08. The smallest absolute Gasteiger partial charge is 0.270 e. The molecule has 0 aliphatic carbocycles. The van der Waals surface area contributed by atoms with Gasteiger partial charge in [0.1, 0.15) is 0 Å². The molecular formula is C21H18N2O3. The van der Waals surface area contributed by atoms with Crippen LogP contribution in [0.3, 0.4) is 0 Å². The fourth-order valence-corrected chi connectivity index (χ4v) is 2.74. The molecule has 0 aliphatic rings. The average Bonchev–Trinajstić information content (AvgIpc) is 2.66. The Bertz CT molecular complexity index is 995. The summed E-state index contributed by atoms with van der Waals surface area (Å²) < 4.78 is 0. The fraction of sp³-hybridized carbons (Fsp3) is 0.0952. The first-order valence-electron chi connectivity index (χ1n) is 8.25. The third-order valence-electron chi connectivity index (χ3n) is 4.14. The quantitative estimate of drug-likeness (QED) is 0.415. The zero-order valence-corrected chi connectivity index (χ0v) is 14.3. The van der Waals surface area contributed by atoms with E-state index in [1.54, 1.807) is 18.2 Å². The van der Waals surface area contributed by atoms with Crippen LogP contribution >= 0.6 is 0 Å². The van der Waals surface area contributed by atoms with Gasteiger partial charge in [-0.15, -0.1) is 0 Å². The van der Waals surface area contributed by atoms with Crippen molar-refractivity contribution in [3.8, 4) is 0 Å². The lowest BCUT2D eigenvalue weighted by Gasteiger charge is -2.13. The van der Waals surface area contributed by atoms with Gasteiger partial charge in [0.25, 0.3) is 5.69 Å². The molecule has 3 aromatic rings. The predicted molar refractivity (Wildman–Crippen MR) is 103 cm³/mol. The minimum absolute atomic E-state index is 0.00269. The third-order valence-corrected chi connectivity index (χ3v) is 4.14. The fourth-order valence-electron chi connectivity index (χ4n) is 2.74. The molecule has 1 N–H and O–H groups in total. The largest absolute Gasteiger partial charge is 0.346 e. The van der Waals surface area contributed by atoms with E-state index in [2.05, 4.69) is 11.4 Å². The van der Waals surface area contributed by atoms with E-state index >= 15 is 0 Å². The second-order valence-electron chi connectivity index (χ2n) is 6.02. The molecule has 0 bridgehead atoms. The number of rotatable bonds is 5. The minimum Gasteiger partial charge on any atom is -0.346 e. The number of nitro groups is 1. The monoisotopic (exact) mass is 346 g/mol. The lowest BCUT2D eigenvalue weighted by Crippen LogP contribution is -2.24. The van der Waals surface area contributed by atoms with Crippen LogP contribution in [0.1, 0.15) is 24.1 Å². The summed E-state index contributed by atoms with van der Waals surface area (Å²) in [4.78, 5) is 22.5. The van der Waals surface area contributed by atoms with Gasteiger partial charge in [0, 0.05) is 18.2 Å². The van der Waals surface area contributed by atoms with E-state index in [1.807, 2.05) is 43.3 Å². The van der Waals surface area contributed by atoms with Crippen molar-refractivity contribution in [2.75, 3.05) is 0 Å². The van der Waals surface area contributed by atoms with Crippen molar-refractivity contribution in [1.82, 2.24) is 5.32 Å². The maximum Gasteiger partial charge on any atom is 0.270 e. The summed E-state index contributed by atoms with van der Waals surface area (Å²) in [5.41, 5.74) is 1.62. The van der Waals surface area contributed by atoms with Gasteiger partial charge in [0.2, 0.25) is 5.91 Å². The summed E-state index contributed by atoms with van der Waals surface area (Å²) in [6.45, 7) is 1.92. The maximum atomic E-state index is 12.2. The number of carbonyl (C=O) groups excluding carboxylic acids is 1. The highest BCUT2D eigenvalue weighted by atomic mass is 16.6. The molecule has 26 heavy (non-hydrogen) atoms. The molecule has 0 spiro atoms. The normalized spacial score (nSPS) is 12.2. The molecule has 0 saturated carbocycles. The summed E-state index contributed by atoms with van der Waals surface area (Å²) in [5, 5.41) is 16.0. The predicted octanol–water partition coefficient (Wildman–Crippen LogP) is 4.64. The molecule has 0 heterocycles. The topological polar surface area (TPSA) is 72.2 Å². The van der Waals surface area contributed by atoms with Crippen LogP contribution in [-0.2, 0) is 4.79 Å². The molecule has 0 aliphatic heterocycles. The number of fused-ring (bicyclic) bond motifs is 1. The number of non-ortho nitro benzene ring substituents is 1. The SMILES string of the molecule is C[C@@H](NC(=O)/C=C/c1cccc([N+](=O)[O-])c1)c1ccc2ccccc2c1. The van der Waals surface area contributed by atoms with Crippen LogP contribution < -0.4 is 5.32 Å². The Hall–Kier alpha value is -3.47. The molecular weight excluding hydrogens is 328 g/mol. The number of hydrogen-bond acceptors (Lipinski definition) is 3. The van der Waals surface area contributed by atoms with Crippen LogP contribution in [0.2, 0.25) is 0 Å². The van der Waals surface area contributed by atoms with Crippen molar-refractivity contribution in [2.24, 2.45) is 0 Å². The average molecular weight is 346 g/mol. The molecule has 5 heteroatoms. The Morgan fingerprint density at radius 1 is 1.04 bits per heavy atom. The first-order valence-corrected chi connectivity index (χ1v) is 8.25. The van der Waals surface area contributed by atoms with Crippen molar-refractivity contribution in [2.45, 2.75) is 13.0 Å². The molecule has 0 aromatic heterocycles. The summed E-state index contributed by atoms with van der Waals surface area (Å²) in [5.74, 6) is -0.253. The highest BCUT2D eigenvalue weighted by Gasteiger charge is 2.09. The van der Waals surface area contributed by atoms with E-state index < -0.39 is 4.92 Å². The number of carbonyl (C=O) groups is 1. The van der Waals surface area contributed by atoms with Gasteiger partial charge in [0.15, 0.2) is 0 Å². The first-order chi connectivity index (χ1) is 12.5. The number of benzene rings is 3. The zero-order chi connectivity index (χ0) is 18.5. The summed E-state index contributed by atoms with van der Waals surface area (Å²) in [7, 11) is 0. The molecule has 0 unspecified atom stereocenters. The van der Waals surface area contributed by atoms with Crippen molar-refractivity contribution in [3.63, 3.8) is 0 Å². The highest BCUT2D eigenvalue weighted by Crippen LogP contribution is 2.20. The number of nitrogens with one attached hydrogen (secondary N) is 1. The Balaban J connectivity index is 1.68. The van der Waals surface area contributed by atoms with E-state index in [0.29, 0.717) is 5.56 Å². The van der Waals surface area contributed by atoms with Crippen molar-refractivity contribution < 1.29 is 9.72 Å². The van der Waals surface area contributed by atoms with Crippen LogP contribution in [0.15, 0.2) is 72.8 Å². The van der Waals surface area contributed by atoms with Gasteiger partial charge < -0.3 is 5.32 Å². The third kappa shape index (κ3) is 4.13. The van der Waals surface area contributed by atoms with Crippen LogP contribution in [0.25, 0.3) is 16.8 Å². The number of amides is 1. The highest BCUT2D eigenvalue weighted by molar-refractivity contribution is 5.92. The maximum absolute atomic E-state index is 12.2. The minimum atomic E-state index is -0.459. The van der Waals surface area contributed by atoms with Gasteiger partial charge in [0.05, 0.1) is 11.0 Å². The summed E-state index contributed by atoms with van der Waals surface area (Å²) in [6.07, 6.45) is 2.95. The Morgan fingerprint density at radius 3 is 2.58 bits per heavy atom. The standard InChI is InChI=1S/C21H18N2O3/c1-15(18-11-10-17-6-2-3-7-19(17)14-18)22-21(24)12-9-16-5-4-8-20(13-16)23(25)26/h2-15H,1H3,(H,22,24)/b12-9+/t15-/m1/s1. The lowest BCUT2D eigenvalue weighted by molar-refractivity contribution is -0.384. The van der Waals surface area contributed by atoms with Crippen molar-refractivity contribution in [1.29, 1.82) is 0 Å². The van der Waals surface area contributed by atoms with Gasteiger partial charge in [-0.1, -0.05) is 48.5 Å². The van der Waals surface area contributed by atoms with Gasteiger partial charge in [-0.2, -0.15) is 0 Å². The molecule has 1 amide bonds. The number of nitrogens with zero attached hydrogens (tertiary/aromatic N) is 1. The second kappa shape index (κ2) is 7.61. The van der Waals surface area contributed by atoms with Gasteiger partial charge in [-0.05, 0) is 41.0 Å². The molecule has 0 saturated heterocycles. The summed E-state index contributed by atoms with van der Waals surface area (Å²) >= 11 is 0. The number of nitro benzene ring substituents is 1. The van der Waals surface area contributed by atoms with Gasteiger partial charge >= 0.3 is 0 Å². The molecule has 0 fully saturated rings. The molecule has 130 valence electrons. The molecule has 3 aromatic carbocycles. The lowest BCUT2D eigenvalue weighted by atomic mass is 10.0. The number of hydrogen-bond donors (Lipinski definition) is 1. The van der Waals surface area contributed by atoms with E-state index in [4.69, 9.17) is 0 Å². The van der Waals surface area contributed by atoms with Crippen molar-refractivity contribution in [3.05, 3.63) is 94.0 Å². The first kappa shape index (κ1) is 17.4. The zero-order valence-electron chi connectivity index (χ0n) is 14.3. The van der Waals surface area contributed by atoms with E-state index in [1.165, 1.54) is 18.2 Å². The van der Waals surface area contributed by atoms with Crippen LogP contribution in [-0.4, -0.2) is 10.8 Å². The second-order valence-corrected chi connectivity index (χ2v) is 6.02. The Labute approximate surface area is 151 Å². The summed E-state index contributed by atoms with van der Waals surface area (Å²) in [6, 6.07) is 20.1.